The third-order valence-electron chi connectivity index (χ3n) is 32.4. The van der Waals surface area contributed by atoms with E-state index in [-0.39, 0.29) is 59.5 Å². The van der Waals surface area contributed by atoms with Crippen LogP contribution in [0.15, 0.2) is 24.3 Å². The molecule has 1 aromatic rings. The molecule has 134 heavy (non-hydrogen) atoms. The summed E-state index contributed by atoms with van der Waals surface area (Å²) in [6.07, 6.45) is -61.7. The van der Waals surface area contributed by atoms with Gasteiger partial charge in [-0.2, -0.15) is 0 Å². The maximum absolute atomic E-state index is 13.2. The molecule has 0 aromatic heterocycles. The minimum absolute atomic E-state index is 0.0515. The average molecular weight is 2040 g/mol. The van der Waals surface area contributed by atoms with Gasteiger partial charge >= 0.3 is 0 Å². The van der Waals surface area contributed by atoms with Gasteiger partial charge in [0.15, 0.2) is 102 Å². The second-order valence-corrected chi connectivity index (χ2v) is 82.9. The van der Waals surface area contributed by atoms with Gasteiger partial charge in [0.1, 0.15) is 171 Å². The SMILES string of the molecule is CC(C)(C)[Si](C)(C)OCC1OC2OC3C(CO[Si](C)(C)C(C)(C)C)OC(OC4C(CO[Si](C)(C)C(C)(C)C)OC(OC5C(CO[Si](C)(C)C(C)(C)C)OC(OC6C(CO[Si](C)(C)C(C)(C)C)OC(OC7C(CO[Si](C)(C)C(C)(C)C)OC(OC8C(CO[Si](C)(C)C(C)(C)C)OC(OC1C(O)C2O)C(O)C8O)C(O)C7O)C(O)C6O)C1OCc2ccccc2COC51)C(O)C4O)C(O)C3O. The number of rotatable bonds is 21. The van der Waals surface area contributed by atoms with Crippen LogP contribution in [0.4, 0.5) is 0 Å². The highest BCUT2D eigenvalue weighted by Crippen LogP contribution is 2.49. The van der Waals surface area contributed by atoms with E-state index in [1.807, 2.05) is 227 Å². The van der Waals surface area contributed by atoms with Crippen molar-refractivity contribution >= 4 is 58.2 Å². The molecular weight excluding hydrogens is 1860 g/mol. The van der Waals surface area contributed by atoms with Crippen LogP contribution in [0.3, 0.4) is 0 Å². The van der Waals surface area contributed by atoms with Crippen LogP contribution in [0.5, 0.6) is 0 Å². The van der Waals surface area contributed by atoms with E-state index in [2.05, 4.69) is 33.9 Å². The van der Waals surface area contributed by atoms with Crippen molar-refractivity contribution < 1.29 is 168 Å². The van der Waals surface area contributed by atoms with Crippen LogP contribution in [0.1, 0.15) is 157 Å². The summed E-state index contributed by atoms with van der Waals surface area (Å²) in [4.78, 5) is 0. The summed E-state index contributed by atoms with van der Waals surface area (Å²) in [5.74, 6) is 0. The van der Waals surface area contributed by atoms with E-state index in [4.69, 9.17) is 107 Å². The van der Waals surface area contributed by atoms with Crippen molar-refractivity contribution in [3.8, 4) is 0 Å². The number of fused-ring (bicyclic) bond motifs is 1. The maximum Gasteiger partial charge on any atom is 0.192 e. The first-order valence-electron chi connectivity index (χ1n) is 48.2. The lowest BCUT2D eigenvalue weighted by atomic mass is 9.94. The van der Waals surface area contributed by atoms with Gasteiger partial charge in [-0.05, 0) is 138 Å². The van der Waals surface area contributed by atoms with Gasteiger partial charge in [-0.25, -0.2) is 0 Å². The maximum atomic E-state index is 13.2. The van der Waals surface area contributed by atoms with Crippen LogP contribution in [0.25, 0.3) is 0 Å². The molecule has 35 unspecified atom stereocenters. The fourth-order valence-corrected chi connectivity index (χ4v) is 22.5. The third kappa shape index (κ3) is 25.9. The predicted molar refractivity (Wildman–Crippen MR) is 512 cm³/mol. The molecule has 0 aliphatic carbocycles. The summed E-state index contributed by atoms with van der Waals surface area (Å²) in [5, 5.41) is 152. The van der Waals surface area contributed by atoms with E-state index in [1.54, 1.807) is 0 Å². The van der Waals surface area contributed by atoms with E-state index in [1.165, 1.54) is 0 Å². The zero-order chi connectivity index (χ0) is 101. The quantitative estimate of drug-likeness (QED) is 0.0511. The predicted octanol–water partition coefficient (Wildman–Crippen LogP) is 8.74. The van der Waals surface area contributed by atoms with E-state index in [9.17, 15) is 61.3 Å². The van der Waals surface area contributed by atoms with Gasteiger partial charge in [0, 0.05) is 0 Å². The van der Waals surface area contributed by atoms with Crippen LogP contribution >= 0.6 is 0 Å². The van der Waals surface area contributed by atoms with Crippen LogP contribution < -0.4 is 0 Å². The Morgan fingerprint density at radius 3 is 0.537 bits per heavy atom. The van der Waals surface area contributed by atoms with Gasteiger partial charge in [0.2, 0.25) is 0 Å². The highest BCUT2D eigenvalue weighted by Gasteiger charge is 2.63. The molecule has 780 valence electrons. The molecule has 14 bridgehead atoms. The van der Waals surface area contributed by atoms with Crippen LogP contribution in [-0.4, -0.2) is 381 Å². The molecule has 20 fully saturated rings. The van der Waals surface area contributed by atoms with Crippen molar-refractivity contribution in [2.45, 2.75) is 500 Å². The summed E-state index contributed by atoms with van der Waals surface area (Å²) < 4.78 is 159. The monoisotopic (exact) mass is 2040 g/mol. The minimum Gasteiger partial charge on any atom is -0.414 e. The Hall–Kier alpha value is -0.662. The second kappa shape index (κ2) is 43.0. The minimum atomic E-state index is -2.82. The lowest BCUT2D eigenvalue weighted by Gasteiger charge is -2.52. The van der Waals surface area contributed by atoms with Crippen molar-refractivity contribution in [1.82, 2.24) is 0 Å². The van der Waals surface area contributed by atoms with Crippen molar-refractivity contribution in [2.24, 2.45) is 0 Å². The van der Waals surface area contributed by atoms with Crippen molar-refractivity contribution in [2.75, 3.05) is 46.2 Å². The summed E-state index contributed by atoms with van der Waals surface area (Å²) in [6.45, 7) is 68.4. The van der Waals surface area contributed by atoms with Crippen LogP contribution in [0, 0.1) is 0 Å². The van der Waals surface area contributed by atoms with Gasteiger partial charge < -0.3 is 168 Å². The summed E-state index contributed by atoms with van der Waals surface area (Å²) in [5.41, 5.74) is 1.49. The molecule has 20 saturated heterocycles. The lowest BCUT2D eigenvalue weighted by Crippen LogP contribution is -2.69. The first-order chi connectivity index (χ1) is 61.1. The highest BCUT2D eigenvalue weighted by atomic mass is 28.4. The van der Waals surface area contributed by atoms with Gasteiger partial charge in [-0.15, -0.1) is 0 Å². The molecule has 35 atom stereocenters. The van der Waals surface area contributed by atoms with Crippen molar-refractivity contribution in [3.05, 3.63) is 35.4 Å². The molecule has 21 heterocycles. The smallest absolute Gasteiger partial charge is 0.192 e. The lowest BCUT2D eigenvalue weighted by molar-refractivity contribution is -0.400. The largest absolute Gasteiger partial charge is 0.414 e. The molecule has 12 N–H and O–H groups in total. The van der Waals surface area contributed by atoms with Gasteiger partial charge in [0.25, 0.3) is 0 Å². The molecule has 0 amide bonds. The van der Waals surface area contributed by atoms with E-state index < -0.39 is 308 Å². The highest BCUT2D eigenvalue weighted by molar-refractivity contribution is 6.76. The molecule has 42 heteroatoms. The van der Waals surface area contributed by atoms with E-state index >= 15 is 0 Å². The van der Waals surface area contributed by atoms with Crippen LogP contribution in [-0.2, 0) is 120 Å². The topological polar surface area (TPSA) is 455 Å². The summed E-state index contributed by atoms with van der Waals surface area (Å²) in [6, 6.07) is 7.50. The molecule has 21 aliphatic rings. The Morgan fingerprint density at radius 2 is 0.358 bits per heavy atom. The Kier molecular flexibility index (Phi) is 37.0. The fourth-order valence-electron chi connectivity index (χ4n) is 15.4. The molecule has 1 aromatic carbocycles. The van der Waals surface area contributed by atoms with Gasteiger partial charge in [-0.1, -0.05) is 170 Å². The van der Waals surface area contributed by atoms with Crippen LogP contribution in [0.2, 0.25) is 127 Å². The Balaban J connectivity index is 1.15. The molecule has 0 saturated carbocycles. The molecule has 22 rings (SSSR count). The summed E-state index contributed by atoms with van der Waals surface area (Å²) >= 11 is 0. The van der Waals surface area contributed by atoms with Crippen molar-refractivity contribution in [3.63, 3.8) is 0 Å². The standard InChI is InChI=1S/C92H174O35Si7/c1-86(2,3)128(22,23)107-42-51-70-58(93)65(100)80(115-51)123-72-53(44-109-130(26,27)88(7,8)9)117-82(67(102)60(72)95)125-74-55(46-111-132(30,31)90(13,14)15)119-84(69(104)62(74)97)127-76-57(48-113-134(34,35)92(19,20)21)120-85(78-77(76)105-40-49-38-36-37-39-50(49)41-106-78)126-75-56(47-112-133(32,33)91(16,17)18)118-83(68(103)63(75)98)124-73-54(45-110-131(28,29)89(10,11)12)116-81(66(101)61(73)96)122-71-52(43-108-129(24,25)87(4,5)6)114-79(121-70)64(99)59(71)94/h36-39,51-85,93-104H,40-48H2,1-35H3. The van der Waals surface area contributed by atoms with Crippen molar-refractivity contribution in [1.29, 1.82) is 0 Å². The van der Waals surface area contributed by atoms with E-state index in [0.717, 1.165) is 11.1 Å². The van der Waals surface area contributed by atoms with E-state index in [0.29, 0.717) is 0 Å². The Labute approximate surface area is 803 Å². The molecule has 0 spiro atoms. The second-order valence-electron chi connectivity index (χ2n) is 49.2. The number of hydrogen-bond donors (Lipinski definition) is 12. The van der Waals surface area contributed by atoms with Gasteiger partial charge in [-0.3, -0.25) is 0 Å². The number of benzene rings is 1. The zero-order valence-electron chi connectivity index (χ0n) is 86.6. The Bertz CT molecular complexity index is 3850. The first kappa shape index (κ1) is 115. The Morgan fingerprint density at radius 1 is 0.209 bits per heavy atom. The zero-order valence-corrected chi connectivity index (χ0v) is 93.6. The first-order valence-corrected chi connectivity index (χ1v) is 68.5. The summed E-state index contributed by atoms with van der Waals surface area (Å²) in [7, 11) is -19.7. The average Bonchev–Trinajstić information content (AvgIpc) is 0.755. The molecule has 35 nitrogen and oxygen atoms in total. The number of ether oxygens (including phenoxy) is 16. The fraction of sp³-hybridized carbons (Fsp3) is 0.935. The number of aliphatic hydroxyl groups is 12. The number of hydrogen-bond acceptors (Lipinski definition) is 35. The molecular formula is C92H174O35Si7. The number of aliphatic hydroxyl groups excluding tert-OH is 12. The normalized spacial score (nSPS) is 39.3. The molecule has 21 aliphatic heterocycles. The third-order valence-corrected chi connectivity index (χ3v) is 63.9. The van der Waals surface area contributed by atoms with Gasteiger partial charge in [0.05, 0.1) is 59.5 Å². The molecule has 0 radical (unpaired) electrons.